The van der Waals surface area contributed by atoms with Gasteiger partial charge in [-0.15, -0.1) is 0 Å². The maximum atomic E-state index is 12.1. The summed E-state index contributed by atoms with van der Waals surface area (Å²) < 4.78 is 16.7. The molecule has 2 unspecified atom stereocenters. The number of carbonyl (C=O) groups is 2. The first-order chi connectivity index (χ1) is 9.35. The number of esters is 1. The van der Waals surface area contributed by atoms with Gasteiger partial charge >= 0.3 is 5.97 Å². The Bertz CT molecular complexity index is 542. The fourth-order valence-corrected chi connectivity index (χ4v) is 2.95. The number of aryl methyl sites for hydroxylation is 1. The zero-order chi connectivity index (χ0) is 15.3. The lowest BCUT2D eigenvalue weighted by molar-refractivity contribution is -0.140. The Morgan fingerprint density at radius 2 is 2.05 bits per heavy atom. The van der Waals surface area contributed by atoms with Crippen molar-refractivity contribution in [3.63, 3.8) is 0 Å². The molecule has 0 aliphatic rings. The van der Waals surface area contributed by atoms with Gasteiger partial charge in [-0.3, -0.25) is 13.8 Å². The van der Waals surface area contributed by atoms with E-state index in [2.05, 4.69) is 4.74 Å². The summed E-state index contributed by atoms with van der Waals surface area (Å²) in [7, 11) is 0.128. The van der Waals surface area contributed by atoms with Crippen molar-refractivity contribution < 1.29 is 18.5 Å². The molecule has 2 atom stereocenters. The van der Waals surface area contributed by atoms with Crippen molar-refractivity contribution >= 4 is 22.7 Å². The van der Waals surface area contributed by atoms with Gasteiger partial charge in [-0.05, 0) is 30.2 Å². The normalized spacial score (nSPS) is 13.6. The Hall–Kier alpha value is -1.69. The van der Waals surface area contributed by atoms with Crippen LogP contribution in [0.2, 0.25) is 0 Å². The van der Waals surface area contributed by atoms with Crippen LogP contribution in [0.4, 0.5) is 0 Å². The molecule has 1 aromatic carbocycles. The topological polar surface area (TPSA) is 86.5 Å². The molecule has 0 bridgehead atoms. The molecule has 1 aromatic rings. The number of nitrogens with two attached hydrogens (primary N) is 1. The second-order valence-corrected chi connectivity index (χ2v) is 6.48. The molecule has 0 aliphatic heterocycles. The van der Waals surface area contributed by atoms with E-state index in [1.54, 1.807) is 25.1 Å². The van der Waals surface area contributed by atoms with Gasteiger partial charge in [0.2, 0.25) is 5.91 Å². The first-order valence-electron chi connectivity index (χ1n) is 6.18. The van der Waals surface area contributed by atoms with Gasteiger partial charge in [0.15, 0.2) is 0 Å². The van der Waals surface area contributed by atoms with Crippen molar-refractivity contribution in [1.82, 2.24) is 0 Å². The Morgan fingerprint density at radius 1 is 1.40 bits per heavy atom. The molecule has 0 spiro atoms. The van der Waals surface area contributed by atoms with Gasteiger partial charge in [0.05, 0.1) is 13.5 Å². The Labute approximate surface area is 121 Å². The van der Waals surface area contributed by atoms with E-state index < -0.39 is 16.7 Å². The first-order valence-corrected chi connectivity index (χ1v) is 7.56. The lowest BCUT2D eigenvalue weighted by Gasteiger charge is -2.12. The average Bonchev–Trinajstić information content (AvgIpc) is 2.40. The number of primary amides is 1. The molecule has 20 heavy (non-hydrogen) atoms. The number of methoxy groups -OCH3 is 1. The van der Waals surface area contributed by atoms with Crippen molar-refractivity contribution in [2.24, 2.45) is 5.73 Å². The number of amides is 1. The monoisotopic (exact) mass is 297 g/mol. The fourth-order valence-electron chi connectivity index (χ4n) is 1.72. The molecule has 5 nitrogen and oxygen atoms in total. The molecule has 110 valence electrons. The molecule has 0 heterocycles. The lowest BCUT2D eigenvalue weighted by Crippen LogP contribution is -2.18. The lowest BCUT2D eigenvalue weighted by atomic mass is 10.1. The third-order valence-corrected chi connectivity index (χ3v) is 4.72. The molecule has 1 rings (SSSR count). The predicted molar refractivity (Wildman–Crippen MR) is 77.6 cm³/mol. The number of hydrogen-bond donors (Lipinski definition) is 1. The molecule has 0 aliphatic carbocycles. The van der Waals surface area contributed by atoms with Crippen LogP contribution in [0.3, 0.4) is 0 Å². The molecule has 6 heteroatoms. The molecule has 0 saturated heterocycles. The highest BCUT2D eigenvalue weighted by molar-refractivity contribution is 7.84. The van der Waals surface area contributed by atoms with E-state index >= 15 is 0 Å². The van der Waals surface area contributed by atoms with Crippen LogP contribution in [0.5, 0.6) is 0 Å². The van der Waals surface area contributed by atoms with Crippen LogP contribution in [0.15, 0.2) is 18.2 Å². The van der Waals surface area contributed by atoms with Crippen LogP contribution in [0, 0.1) is 6.92 Å². The average molecular weight is 297 g/mol. The SMILES string of the molecule is COC(=O)CC(C)S(=O)Cc1ccc(C(N)=O)cc1C. The summed E-state index contributed by atoms with van der Waals surface area (Å²) in [4.78, 5) is 22.2. The van der Waals surface area contributed by atoms with Crippen molar-refractivity contribution in [1.29, 1.82) is 0 Å². The van der Waals surface area contributed by atoms with Crippen LogP contribution in [-0.4, -0.2) is 28.4 Å². The van der Waals surface area contributed by atoms with E-state index in [4.69, 9.17) is 5.73 Å². The molecule has 0 fully saturated rings. The summed E-state index contributed by atoms with van der Waals surface area (Å²) in [5.74, 6) is -0.519. The Balaban J connectivity index is 2.75. The first kappa shape index (κ1) is 16.4. The van der Waals surface area contributed by atoms with Crippen molar-refractivity contribution in [2.45, 2.75) is 31.3 Å². The number of benzene rings is 1. The summed E-state index contributed by atoms with van der Waals surface area (Å²) in [5, 5.41) is -0.280. The summed E-state index contributed by atoms with van der Waals surface area (Å²) in [5.41, 5.74) is 7.37. The van der Waals surface area contributed by atoms with E-state index in [1.165, 1.54) is 7.11 Å². The summed E-state index contributed by atoms with van der Waals surface area (Å²) in [6.45, 7) is 3.59. The van der Waals surface area contributed by atoms with Crippen molar-refractivity contribution in [3.8, 4) is 0 Å². The van der Waals surface area contributed by atoms with Crippen LogP contribution in [0.1, 0.15) is 34.8 Å². The highest BCUT2D eigenvalue weighted by Crippen LogP contribution is 2.16. The molecule has 0 radical (unpaired) electrons. The van der Waals surface area contributed by atoms with E-state index in [0.717, 1.165) is 11.1 Å². The summed E-state index contributed by atoms with van der Waals surface area (Å²) >= 11 is 0. The van der Waals surface area contributed by atoms with Gasteiger partial charge in [0.1, 0.15) is 0 Å². The molecule has 1 amide bonds. The number of carbonyl (C=O) groups excluding carboxylic acids is 2. The van der Waals surface area contributed by atoms with Gasteiger partial charge < -0.3 is 10.5 Å². The van der Waals surface area contributed by atoms with Gasteiger partial charge in [-0.1, -0.05) is 13.0 Å². The second-order valence-electron chi connectivity index (χ2n) is 4.62. The minimum Gasteiger partial charge on any atom is -0.469 e. The van der Waals surface area contributed by atoms with E-state index in [9.17, 15) is 13.8 Å². The quantitative estimate of drug-likeness (QED) is 0.802. The fraction of sp³-hybridized carbons (Fsp3) is 0.429. The van der Waals surface area contributed by atoms with Crippen LogP contribution < -0.4 is 5.73 Å². The molecule has 2 N–H and O–H groups in total. The summed E-state index contributed by atoms with van der Waals surface area (Å²) in [6, 6.07) is 5.05. The molecule has 0 aromatic heterocycles. The highest BCUT2D eigenvalue weighted by Gasteiger charge is 2.17. The van der Waals surface area contributed by atoms with E-state index in [-0.39, 0.29) is 17.6 Å². The third kappa shape index (κ3) is 4.45. The highest BCUT2D eigenvalue weighted by atomic mass is 32.2. The predicted octanol–water partition coefficient (Wildman–Crippen LogP) is 1.29. The molecule has 0 saturated carbocycles. The molecular formula is C14H19NO4S. The minimum absolute atomic E-state index is 0.127. The number of ether oxygens (including phenoxy) is 1. The van der Waals surface area contributed by atoms with Gasteiger partial charge in [-0.25, -0.2) is 0 Å². The number of hydrogen-bond acceptors (Lipinski definition) is 4. The zero-order valence-electron chi connectivity index (χ0n) is 11.8. The van der Waals surface area contributed by atoms with E-state index in [0.29, 0.717) is 11.3 Å². The van der Waals surface area contributed by atoms with Crippen LogP contribution in [-0.2, 0) is 26.1 Å². The number of rotatable bonds is 6. The van der Waals surface area contributed by atoms with E-state index in [1.807, 2.05) is 6.92 Å². The standard InChI is InChI=1S/C14H19NO4S/c1-9-6-11(14(15)17)4-5-12(9)8-20(18)10(2)7-13(16)19-3/h4-6,10H,7-8H2,1-3H3,(H2,15,17). The van der Waals surface area contributed by atoms with Gasteiger partial charge in [0, 0.05) is 27.4 Å². The van der Waals surface area contributed by atoms with Crippen LogP contribution >= 0.6 is 0 Å². The van der Waals surface area contributed by atoms with Crippen LogP contribution in [0.25, 0.3) is 0 Å². The van der Waals surface area contributed by atoms with Gasteiger partial charge in [0.25, 0.3) is 0 Å². The van der Waals surface area contributed by atoms with Crippen molar-refractivity contribution in [2.75, 3.05) is 7.11 Å². The zero-order valence-corrected chi connectivity index (χ0v) is 12.7. The Morgan fingerprint density at radius 3 is 2.55 bits per heavy atom. The maximum absolute atomic E-state index is 12.1. The Kier molecular flexibility index (Phi) is 5.88. The van der Waals surface area contributed by atoms with Crippen molar-refractivity contribution in [3.05, 3.63) is 34.9 Å². The summed E-state index contributed by atoms with van der Waals surface area (Å²) in [6.07, 6.45) is 0.127. The third-order valence-electron chi connectivity index (χ3n) is 3.06. The molecular weight excluding hydrogens is 278 g/mol. The smallest absolute Gasteiger partial charge is 0.306 e. The maximum Gasteiger partial charge on any atom is 0.306 e. The minimum atomic E-state index is -1.18. The second kappa shape index (κ2) is 7.19. The van der Waals surface area contributed by atoms with Gasteiger partial charge in [-0.2, -0.15) is 0 Å². The largest absolute Gasteiger partial charge is 0.469 e.